The predicted molar refractivity (Wildman–Crippen MR) is 90.1 cm³/mol. The molecule has 2 aromatic rings. The lowest BCUT2D eigenvalue weighted by Gasteiger charge is -2.10. The second-order valence-electron chi connectivity index (χ2n) is 4.57. The van der Waals surface area contributed by atoms with Crippen molar-refractivity contribution in [3.8, 4) is 5.75 Å². The molecule has 0 aliphatic carbocycles. The van der Waals surface area contributed by atoms with Gasteiger partial charge in [-0.1, -0.05) is 65.1 Å². The van der Waals surface area contributed by atoms with E-state index in [4.69, 9.17) is 39.5 Å². The number of nitrogens with one attached hydrogen (secondary N) is 1. The van der Waals surface area contributed by atoms with E-state index in [1.807, 2.05) is 30.3 Å². The van der Waals surface area contributed by atoms with E-state index in [9.17, 15) is 4.79 Å². The van der Waals surface area contributed by atoms with E-state index in [1.54, 1.807) is 0 Å². The minimum Gasteiger partial charge on any atom is -0.482 e. The standard InChI is InChI=1S/C16H14Cl3NO2/c17-12-8-14(19)15(9-13(12)18)22-10-16(21)20-7-6-11-4-2-1-3-5-11/h1-5,8-9H,6-7,10H2,(H,20,21). The van der Waals surface area contributed by atoms with Crippen molar-refractivity contribution < 1.29 is 9.53 Å². The lowest BCUT2D eigenvalue weighted by atomic mass is 10.1. The monoisotopic (exact) mass is 357 g/mol. The number of ether oxygens (including phenoxy) is 1. The molecule has 0 bridgehead atoms. The summed E-state index contributed by atoms with van der Waals surface area (Å²) in [6, 6.07) is 12.9. The quantitative estimate of drug-likeness (QED) is 0.778. The predicted octanol–water partition coefficient (Wildman–Crippen LogP) is 4.38. The van der Waals surface area contributed by atoms with Crippen LogP contribution in [0.25, 0.3) is 0 Å². The Morgan fingerprint density at radius 3 is 2.41 bits per heavy atom. The van der Waals surface area contributed by atoms with Gasteiger partial charge in [0.15, 0.2) is 6.61 Å². The molecule has 0 heterocycles. The van der Waals surface area contributed by atoms with Crippen LogP contribution in [0.15, 0.2) is 42.5 Å². The number of hydrogen-bond acceptors (Lipinski definition) is 2. The molecule has 0 atom stereocenters. The zero-order chi connectivity index (χ0) is 15.9. The second kappa shape index (κ2) is 8.28. The summed E-state index contributed by atoms with van der Waals surface area (Å²) in [6.45, 7) is 0.410. The van der Waals surface area contributed by atoms with Crippen LogP contribution < -0.4 is 10.1 Å². The summed E-state index contributed by atoms with van der Waals surface area (Å²) >= 11 is 17.7. The smallest absolute Gasteiger partial charge is 0.257 e. The first-order valence-corrected chi connectivity index (χ1v) is 7.77. The van der Waals surface area contributed by atoms with E-state index in [-0.39, 0.29) is 12.5 Å². The van der Waals surface area contributed by atoms with Crippen LogP contribution in [0.1, 0.15) is 5.56 Å². The van der Waals surface area contributed by atoms with Crippen LogP contribution in [-0.2, 0) is 11.2 Å². The molecule has 6 heteroatoms. The lowest BCUT2D eigenvalue weighted by Crippen LogP contribution is -2.30. The van der Waals surface area contributed by atoms with Crippen molar-refractivity contribution in [3.05, 3.63) is 63.1 Å². The highest BCUT2D eigenvalue weighted by molar-refractivity contribution is 6.43. The van der Waals surface area contributed by atoms with E-state index in [1.165, 1.54) is 12.1 Å². The van der Waals surface area contributed by atoms with Crippen LogP contribution in [0.2, 0.25) is 15.1 Å². The Bertz CT molecular complexity index is 647. The summed E-state index contributed by atoms with van der Waals surface area (Å²) in [5.41, 5.74) is 1.16. The molecule has 0 unspecified atom stereocenters. The van der Waals surface area contributed by atoms with Gasteiger partial charge in [0.1, 0.15) is 5.75 Å². The summed E-state index contributed by atoms with van der Waals surface area (Å²) < 4.78 is 5.35. The largest absolute Gasteiger partial charge is 0.482 e. The zero-order valence-electron chi connectivity index (χ0n) is 11.6. The molecular formula is C16H14Cl3NO2. The Morgan fingerprint density at radius 1 is 1.00 bits per heavy atom. The zero-order valence-corrected chi connectivity index (χ0v) is 13.9. The molecule has 0 aromatic heterocycles. The molecule has 1 amide bonds. The normalized spacial score (nSPS) is 10.3. The summed E-state index contributed by atoms with van der Waals surface area (Å²) in [4.78, 5) is 11.7. The molecule has 0 aliphatic heterocycles. The third-order valence-corrected chi connectivity index (χ3v) is 3.93. The maximum absolute atomic E-state index is 11.7. The van der Waals surface area contributed by atoms with Gasteiger partial charge in [-0.25, -0.2) is 0 Å². The van der Waals surface area contributed by atoms with Crippen molar-refractivity contribution in [1.82, 2.24) is 5.32 Å². The third kappa shape index (κ3) is 5.09. The molecule has 0 radical (unpaired) electrons. The molecule has 0 spiro atoms. The van der Waals surface area contributed by atoms with Crippen molar-refractivity contribution in [2.45, 2.75) is 6.42 Å². The molecule has 22 heavy (non-hydrogen) atoms. The van der Waals surface area contributed by atoms with Gasteiger partial charge in [0.25, 0.3) is 5.91 Å². The van der Waals surface area contributed by atoms with Crippen molar-refractivity contribution in [2.24, 2.45) is 0 Å². The summed E-state index contributed by atoms with van der Waals surface area (Å²) in [7, 11) is 0. The van der Waals surface area contributed by atoms with E-state index in [0.717, 1.165) is 12.0 Å². The van der Waals surface area contributed by atoms with Gasteiger partial charge < -0.3 is 10.1 Å². The fraction of sp³-hybridized carbons (Fsp3) is 0.188. The van der Waals surface area contributed by atoms with Gasteiger partial charge in [-0.15, -0.1) is 0 Å². The number of halogens is 3. The Labute approximate surface area is 144 Å². The lowest BCUT2D eigenvalue weighted by molar-refractivity contribution is -0.123. The Kier molecular flexibility index (Phi) is 6.37. The molecular weight excluding hydrogens is 345 g/mol. The van der Waals surface area contributed by atoms with Gasteiger partial charge in [-0.2, -0.15) is 0 Å². The molecule has 116 valence electrons. The van der Waals surface area contributed by atoms with E-state index in [2.05, 4.69) is 5.32 Å². The van der Waals surface area contributed by atoms with Gasteiger partial charge in [-0.3, -0.25) is 4.79 Å². The highest BCUT2D eigenvalue weighted by Crippen LogP contribution is 2.33. The third-order valence-electron chi connectivity index (χ3n) is 2.91. The molecule has 0 saturated heterocycles. The number of carbonyl (C=O) groups excluding carboxylic acids is 1. The first-order valence-electron chi connectivity index (χ1n) is 6.64. The van der Waals surface area contributed by atoms with Gasteiger partial charge in [0, 0.05) is 12.6 Å². The molecule has 0 aliphatic rings. The Hall–Kier alpha value is -1.42. The van der Waals surface area contributed by atoms with Crippen LogP contribution in [0.4, 0.5) is 0 Å². The van der Waals surface area contributed by atoms with Crippen molar-refractivity contribution >= 4 is 40.7 Å². The van der Waals surface area contributed by atoms with Gasteiger partial charge in [0.05, 0.1) is 15.1 Å². The highest BCUT2D eigenvalue weighted by atomic mass is 35.5. The summed E-state index contributed by atoms with van der Waals surface area (Å²) in [5, 5.41) is 3.76. The molecule has 1 N–H and O–H groups in total. The molecule has 0 saturated carbocycles. The number of carbonyl (C=O) groups is 1. The minimum absolute atomic E-state index is 0.132. The summed E-state index contributed by atoms with van der Waals surface area (Å²) in [6.07, 6.45) is 0.764. The van der Waals surface area contributed by atoms with Crippen LogP contribution >= 0.6 is 34.8 Å². The van der Waals surface area contributed by atoms with Gasteiger partial charge in [0.2, 0.25) is 0 Å². The SMILES string of the molecule is O=C(COc1cc(Cl)c(Cl)cc1Cl)NCCc1ccccc1. The van der Waals surface area contributed by atoms with E-state index in [0.29, 0.717) is 27.4 Å². The first-order chi connectivity index (χ1) is 10.6. The van der Waals surface area contributed by atoms with Crippen LogP contribution in [0.5, 0.6) is 5.75 Å². The number of amides is 1. The van der Waals surface area contributed by atoms with Crippen molar-refractivity contribution in [2.75, 3.05) is 13.2 Å². The molecule has 0 fully saturated rings. The average Bonchev–Trinajstić information content (AvgIpc) is 2.50. The fourth-order valence-corrected chi connectivity index (χ4v) is 2.39. The van der Waals surface area contributed by atoms with Crippen LogP contribution in [0.3, 0.4) is 0 Å². The van der Waals surface area contributed by atoms with Crippen LogP contribution in [0, 0.1) is 0 Å². The van der Waals surface area contributed by atoms with Crippen molar-refractivity contribution in [3.63, 3.8) is 0 Å². The average molecular weight is 359 g/mol. The van der Waals surface area contributed by atoms with E-state index < -0.39 is 0 Å². The number of hydrogen-bond donors (Lipinski definition) is 1. The molecule has 2 rings (SSSR count). The maximum Gasteiger partial charge on any atom is 0.257 e. The van der Waals surface area contributed by atoms with E-state index >= 15 is 0 Å². The Morgan fingerprint density at radius 2 is 1.68 bits per heavy atom. The number of benzene rings is 2. The fourth-order valence-electron chi connectivity index (χ4n) is 1.80. The summed E-state index contributed by atoms with van der Waals surface area (Å²) in [5.74, 6) is 0.104. The van der Waals surface area contributed by atoms with Crippen LogP contribution in [-0.4, -0.2) is 19.1 Å². The maximum atomic E-state index is 11.7. The van der Waals surface area contributed by atoms with Gasteiger partial charge >= 0.3 is 0 Å². The Balaban J connectivity index is 1.77. The number of rotatable bonds is 6. The second-order valence-corrected chi connectivity index (χ2v) is 5.79. The van der Waals surface area contributed by atoms with Gasteiger partial charge in [-0.05, 0) is 18.1 Å². The van der Waals surface area contributed by atoms with Crippen molar-refractivity contribution in [1.29, 1.82) is 0 Å². The topological polar surface area (TPSA) is 38.3 Å². The molecule has 2 aromatic carbocycles. The highest BCUT2D eigenvalue weighted by Gasteiger charge is 2.09. The first kappa shape index (κ1) is 16.9. The minimum atomic E-state index is -0.224. The molecule has 3 nitrogen and oxygen atoms in total.